The molecule has 0 bridgehead atoms. The van der Waals surface area contributed by atoms with Crippen molar-refractivity contribution in [2.24, 2.45) is 9.98 Å². The number of phenolic OH excluding ortho intramolecular Hbond substituents is 2. The molecule has 0 fully saturated rings. The first-order chi connectivity index (χ1) is 56.3. The molecule has 0 heterocycles. The molecule has 6 aliphatic rings. The minimum atomic E-state index is -1.75. The Labute approximate surface area is 771 Å². The summed E-state index contributed by atoms with van der Waals surface area (Å²) in [7, 11) is 2.00. The molecule has 10 N–H and O–H groups in total. The molecule has 0 unspecified atom stereocenters. The van der Waals surface area contributed by atoms with E-state index in [0.717, 1.165) is 90.3 Å². The van der Waals surface area contributed by atoms with E-state index in [1.165, 1.54) is 0 Å². The third kappa shape index (κ3) is 87.3. The summed E-state index contributed by atoms with van der Waals surface area (Å²) < 4.78 is 0. The third-order valence-corrected chi connectivity index (χ3v) is 11.9. The smallest absolute Gasteiger partial charge is 0.507 e. The van der Waals surface area contributed by atoms with E-state index >= 15 is 0 Å². The third-order valence-electron chi connectivity index (χ3n) is 11.9. The van der Waals surface area contributed by atoms with Crippen LogP contribution in [0.15, 0.2) is 275 Å². The first-order valence-electron chi connectivity index (χ1n) is 32.9. The number of phenols is 2. The van der Waals surface area contributed by atoms with Crippen LogP contribution in [0.3, 0.4) is 0 Å². The number of allylic oxidation sites excluding steroid dienone is 30. The normalized spacial score (nSPS) is 14.4. The number of alkyl halides is 4. The summed E-state index contributed by atoms with van der Waals surface area (Å²) in [6.45, 7) is 5.84. The first-order valence-corrected chi connectivity index (χ1v) is 35.0. The Kier molecular flexibility index (Phi) is 92.9. The number of aliphatic imine (C=N–C) groups is 2. The number of carbonyl (C=O) groups excluding carboxylic acids is 6. The van der Waals surface area contributed by atoms with E-state index < -0.39 is 30.5 Å². The Balaban J connectivity index is -0.000000204. The SMILES string of the molecule is CO.CO.ClCCl.ClCCl.O=C1C=CC=C/C1=C/NCCCN/C=C1/C=CC=CC1=O.O=C1C=CC=C/C1=C/NCCCN/C=C1/C=CC=CC1=O.O=C1C=CC=C/C1=C/NCCCN=Cc1ccccc1O.O=C1C=CC=C/C1=C/NCCCN=Cc1ccccc1O.O=[N+]([O-])[O-].O=[N+]([O-])[O-].O=[N+]([O-])[O-].O=[N+]([O-])[O-].O=[N+]([O-])[O-].O=[N+]([O-])[O-].[Sm+3].[Sm+3]. The summed E-state index contributed by atoms with van der Waals surface area (Å²) in [5, 5.41) is 141. The summed E-state index contributed by atoms with van der Waals surface area (Å²) in [5.74, 6) is 0.573. The van der Waals surface area contributed by atoms with Crippen molar-refractivity contribution in [3.05, 3.63) is 368 Å². The molecule has 0 saturated heterocycles. The van der Waals surface area contributed by atoms with Gasteiger partial charge in [0.1, 0.15) is 11.5 Å². The van der Waals surface area contributed by atoms with Crippen molar-refractivity contribution in [3.8, 4) is 11.5 Å². The molecule has 0 saturated carbocycles. The molecule has 6 aliphatic carbocycles. The van der Waals surface area contributed by atoms with Crippen LogP contribution < -0.4 is 31.9 Å². The van der Waals surface area contributed by atoms with Crippen molar-refractivity contribution in [1.29, 1.82) is 0 Å². The molecule has 650 valence electrons. The van der Waals surface area contributed by atoms with Crippen LogP contribution in [0.25, 0.3) is 0 Å². The molecule has 120 heavy (non-hydrogen) atoms. The Morgan fingerprint density at radius 1 is 0.300 bits per heavy atom. The van der Waals surface area contributed by atoms with Crippen molar-refractivity contribution in [3.63, 3.8) is 0 Å². The zero-order valence-electron chi connectivity index (χ0n) is 63.5. The zero-order valence-corrected chi connectivity index (χ0v) is 71.7. The topological polar surface area (TPSA) is 677 Å². The van der Waals surface area contributed by atoms with Crippen molar-refractivity contribution < 1.29 is 160 Å². The Morgan fingerprint density at radius 2 is 0.450 bits per heavy atom. The summed E-state index contributed by atoms with van der Waals surface area (Å²) in [6.07, 6.45) is 58.6. The Hall–Kier alpha value is -11.5. The standard InChI is InChI=1S/4C17H18N2O2.2CH2Cl2.2CH4O.6NO3.2Sm/c4*20-16-8-3-1-6-14(16)12-18-10-5-11-19-13-15-7-2-4-9-17(15)21;2*2-1-3;2*1-2;6*2-1(3)4;;/h2*1-4,6-9,12-13,18,21H,5,10-11H2;2*1-4,6-9,12-13,18-19H,5,10-11H2;2*1H2;2*2H,1H3;;;;;;;;/q;;;;;;;;6*-1;2*+3/b2*14-12-,19-13?;2*14-12-,15-13-;;;;;;;;;;;;. The fraction of sp³-hybridized carbons (Fsp3) is 0.222. The Morgan fingerprint density at radius 3 is 0.608 bits per heavy atom. The average Bonchev–Trinajstić information content (AvgIpc) is 0.946. The van der Waals surface area contributed by atoms with Crippen LogP contribution in [-0.2, 0) is 28.8 Å². The van der Waals surface area contributed by atoms with E-state index in [4.69, 9.17) is 149 Å². The van der Waals surface area contributed by atoms with Gasteiger partial charge in [-0.25, -0.2) is 0 Å². The number of nitrogens with zero attached hydrogens (tertiary/aromatic N) is 8. The van der Waals surface area contributed by atoms with Crippen molar-refractivity contribution in [1.82, 2.24) is 31.9 Å². The predicted octanol–water partition coefficient (Wildman–Crippen LogP) is 8.79. The van der Waals surface area contributed by atoms with Gasteiger partial charge in [-0.2, -0.15) is 0 Å². The van der Waals surface area contributed by atoms with Gasteiger partial charge in [0, 0.05) is 161 Å². The molecule has 0 spiro atoms. The second kappa shape index (κ2) is 89.8. The maximum Gasteiger partial charge on any atom is 3.00 e. The fourth-order valence-electron chi connectivity index (χ4n) is 7.34. The number of halogens is 4. The molecule has 0 aromatic heterocycles. The summed E-state index contributed by atoms with van der Waals surface area (Å²) in [6, 6.07) is 14.2. The number of aliphatic hydroxyl groups excluding tert-OH is 2. The first kappa shape index (κ1) is 124. The molecule has 2 aromatic carbocycles. The van der Waals surface area contributed by atoms with Crippen LogP contribution in [-0.4, -0.2) is 175 Å². The van der Waals surface area contributed by atoms with E-state index in [2.05, 4.69) is 41.9 Å². The molecule has 2 radical (unpaired) electrons. The number of hydrogen-bond donors (Lipinski definition) is 10. The van der Waals surface area contributed by atoms with Crippen LogP contribution in [0.5, 0.6) is 11.5 Å². The minimum Gasteiger partial charge on any atom is -0.507 e. The van der Waals surface area contributed by atoms with Crippen LogP contribution in [0.2, 0.25) is 0 Å². The van der Waals surface area contributed by atoms with Gasteiger partial charge in [-0.3, -0.25) is 38.8 Å². The second-order valence-corrected chi connectivity index (χ2v) is 21.6. The average molecular weight is 2040 g/mol. The van der Waals surface area contributed by atoms with Gasteiger partial charge in [0.05, 0.1) is 41.2 Å². The van der Waals surface area contributed by atoms with Gasteiger partial charge in [0.2, 0.25) is 0 Å². The van der Waals surface area contributed by atoms with Crippen molar-refractivity contribution in [2.75, 3.05) is 77.3 Å². The molecule has 0 atom stereocenters. The van der Waals surface area contributed by atoms with E-state index in [1.54, 1.807) is 183 Å². The number of rotatable bonds is 24. The number of ketones is 6. The molecule has 42 nitrogen and oxygen atoms in total. The van der Waals surface area contributed by atoms with E-state index in [0.29, 0.717) is 46.5 Å². The summed E-state index contributed by atoms with van der Waals surface area (Å²) in [4.78, 5) is 127. The molecular formula is C72H84Cl4N14O28Sm2. The second-order valence-electron chi connectivity index (χ2n) is 20.0. The number of para-hydroxylation sites is 2. The molecule has 48 heteroatoms. The maximum absolute atomic E-state index is 11.5. The predicted molar refractivity (Wildman–Crippen MR) is 447 cm³/mol. The van der Waals surface area contributed by atoms with E-state index in [1.807, 2.05) is 60.7 Å². The van der Waals surface area contributed by atoms with Gasteiger partial charge in [0.25, 0.3) is 0 Å². The minimum absolute atomic E-state index is 0. The van der Waals surface area contributed by atoms with E-state index in [-0.39, 0.29) is 138 Å². The number of benzene rings is 2. The summed E-state index contributed by atoms with van der Waals surface area (Å²) >= 11 is 19.1. The molecule has 8 rings (SSSR count). The maximum atomic E-state index is 11.5. The zero-order chi connectivity index (χ0) is 90.5. The number of aliphatic hydroxyl groups is 2. The monoisotopic (exact) mass is 2040 g/mol. The fourth-order valence-corrected chi connectivity index (χ4v) is 7.34. The van der Waals surface area contributed by atoms with E-state index in [9.17, 15) is 39.0 Å². The van der Waals surface area contributed by atoms with Crippen LogP contribution >= 0.6 is 46.4 Å². The van der Waals surface area contributed by atoms with Crippen LogP contribution in [0.1, 0.15) is 36.8 Å². The van der Waals surface area contributed by atoms with Crippen LogP contribution in [0, 0.1) is 173 Å². The Bertz CT molecular complexity index is 3620. The van der Waals surface area contributed by atoms with Gasteiger partial charge >= 0.3 is 80.8 Å². The number of nitrogens with one attached hydrogen (secondary N) is 6. The molecule has 0 amide bonds. The van der Waals surface area contributed by atoms with Gasteiger partial charge in [-0.05, 0) is 123 Å². The largest absolute Gasteiger partial charge is 3.00 e. The molecule has 0 aliphatic heterocycles. The number of aromatic hydroxyl groups is 2. The van der Waals surface area contributed by atoms with Gasteiger partial charge < -0.3 is 144 Å². The quantitative estimate of drug-likeness (QED) is 0.0117. The van der Waals surface area contributed by atoms with Crippen molar-refractivity contribution >= 4 is 93.5 Å². The van der Waals surface area contributed by atoms with Gasteiger partial charge in [0.15, 0.2) is 34.7 Å². The van der Waals surface area contributed by atoms with Gasteiger partial charge in [-0.1, -0.05) is 97.2 Å². The summed E-state index contributed by atoms with van der Waals surface area (Å²) in [5.41, 5.74) is 5.42. The van der Waals surface area contributed by atoms with Crippen molar-refractivity contribution in [2.45, 2.75) is 25.7 Å². The molecule has 2 aromatic rings. The number of carbonyl (C=O) groups is 6. The van der Waals surface area contributed by atoms with Crippen LogP contribution in [0.4, 0.5) is 0 Å². The number of hydrogen-bond acceptors (Lipinski definition) is 36. The molecular weight excluding hydrogens is 1950 g/mol. The van der Waals surface area contributed by atoms with Gasteiger partial charge in [-0.15, -0.1) is 46.4 Å².